The van der Waals surface area contributed by atoms with Gasteiger partial charge in [0.25, 0.3) is 0 Å². The molecule has 1 fully saturated rings. The Labute approximate surface area is 157 Å². The van der Waals surface area contributed by atoms with E-state index in [0.717, 1.165) is 49.9 Å². The van der Waals surface area contributed by atoms with Crippen LogP contribution in [0.3, 0.4) is 0 Å². The Morgan fingerprint density at radius 2 is 1.89 bits per heavy atom. The van der Waals surface area contributed by atoms with E-state index in [1.54, 1.807) is 12.1 Å². The number of nitrogens with zero attached hydrogens (tertiary/aromatic N) is 5. The third-order valence-corrected chi connectivity index (χ3v) is 4.76. The maximum Gasteiger partial charge on any atom is 0.169 e. The van der Waals surface area contributed by atoms with E-state index in [4.69, 9.17) is 10.3 Å². The molecule has 1 aliphatic rings. The van der Waals surface area contributed by atoms with Crippen molar-refractivity contribution in [2.75, 3.05) is 36.8 Å². The van der Waals surface area contributed by atoms with Gasteiger partial charge in [0, 0.05) is 44.4 Å². The van der Waals surface area contributed by atoms with Gasteiger partial charge < -0.3 is 20.3 Å². The molecule has 3 N–H and O–H groups in total. The summed E-state index contributed by atoms with van der Waals surface area (Å²) in [4.78, 5) is 4.54. The van der Waals surface area contributed by atoms with Crippen LogP contribution in [0.1, 0.15) is 11.5 Å². The molecule has 27 heavy (non-hydrogen) atoms. The molecular weight excluding hydrogens is 344 g/mol. The third-order valence-electron chi connectivity index (χ3n) is 4.76. The second-order valence-corrected chi connectivity index (χ2v) is 6.71. The van der Waals surface area contributed by atoms with E-state index in [9.17, 15) is 5.11 Å². The Kier molecular flexibility index (Phi) is 4.64. The fourth-order valence-corrected chi connectivity index (χ4v) is 3.33. The van der Waals surface area contributed by atoms with Gasteiger partial charge >= 0.3 is 0 Å². The number of benzene rings is 1. The van der Waals surface area contributed by atoms with Crippen LogP contribution in [0.5, 0.6) is 5.75 Å². The van der Waals surface area contributed by atoms with Crippen LogP contribution >= 0.6 is 0 Å². The average Bonchev–Trinajstić information content (AvgIpc) is 3.08. The summed E-state index contributed by atoms with van der Waals surface area (Å²) in [6.45, 7) is 6.10. The molecule has 3 aromatic rings. The topological polar surface area (TPSA) is 105 Å². The number of para-hydroxylation sites is 1. The molecule has 0 saturated carbocycles. The van der Waals surface area contributed by atoms with E-state index in [2.05, 4.69) is 25.2 Å². The van der Waals surface area contributed by atoms with Crippen molar-refractivity contribution in [1.29, 1.82) is 0 Å². The van der Waals surface area contributed by atoms with Crippen LogP contribution in [0, 0.1) is 6.92 Å². The van der Waals surface area contributed by atoms with Crippen molar-refractivity contribution in [3.8, 4) is 17.0 Å². The molecule has 0 amide bonds. The molecule has 0 aliphatic carbocycles. The SMILES string of the molecule is Cc1cc(CN2CCN(c3cc(-c4ccccc4O)nnc3N)CC2)no1. The first kappa shape index (κ1) is 17.3. The number of phenolic OH excluding ortho intramolecular Hbond substituents is 1. The van der Waals surface area contributed by atoms with Gasteiger partial charge in [0.15, 0.2) is 5.82 Å². The second kappa shape index (κ2) is 7.24. The summed E-state index contributed by atoms with van der Waals surface area (Å²) >= 11 is 0. The third kappa shape index (κ3) is 3.70. The summed E-state index contributed by atoms with van der Waals surface area (Å²) < 4.78 is 5.14. The monoisotopic (exact) mass is 366 g/mol. The lowest BCUT2D eigenvalue weighted by Crippen LogP contribution is -2.46. The highest BCUT2D eigenvalue weighted by Gasteiger charge is 2.21. The van der Waals surface area contributed by atoms with Crippen LogP contribution in [0.2, 0.25) is 0 Å². The van der Waals surface area contributed by atoms with Crippen LogP contribution in [-0.4, -0.2) is 51.5 Å². The Morgan fingerprint density at radius 3 is 2.59 bits per heavy atom. The van der Waals surface area contributed by atoms with Crippen LogP contribution in [0.25, 0.3) is 11.3 Å². The van der Waals surface area contributed by atoms with E-state index in [-0.39, 0.29) is 5.75 Å². The molecule has 2 aromatic heterocycles. The van der Waals surface area contributed by atoms with E-state index >= 15 is 0 Å². The maximum atomic E-state index is 10.1. The zero-order valence-corrected chi connectivity index (χ0v) is 15.2. The number of aromatic nitrogens is 3. The van der Waals surface area contributed by atoms with Crippen LogP contribution in [0.15, 0.2) is 40.9 Å². The minimum absolute atomic E-state index is 0.176. The van der Waals surface area contributed by atoms with Crippen molar-refractivity contribution in [2.24, 2.45) is 0 Å². The molecule has 140 valence electrons. The molecule has 0 bridgehead atoms. The van der Waals surface area contributed by atoms with Crippen molar-refractivity contribution < 1.29 is 9.63 Å². The highest BCUT2D eigenvalue weighted by molar-refractivity contribution is 5.74. The molecule has 8 heteroatoms. The predicted molar refractivity (Wildman–Crippen MR) is 102 cm³/mol. The first-order chi connectivity index (χ1) is 13.1. The summed E-state index contributed by atoms with van der Waals surface area (Å²) in [6.07, 6.45) is 0. The quantitative estimate of drug-likeness (QED) is 0.723. The van der Waals surface area contributed by atoms with Gasteiger partial charge in [-0.1, -0.05) is 17.3 Å². The highest BCUT2D eigenvalue weighted by atomic mass is 16.5. The summed E-state index contributed by atoms with van der Waals surface area (Å²) in [6, 6.07) is 11.0. The van der Waals surface area contributed by atoms with Gasteiger partial charge in [-0.15, -0.1) is 10.2 Å². The zero-order valence-electron chi connectivity index (χ0n) is 15.2. The summed E-state index contributed by atoms with van der Waals surface area (Å²) in [7, 11) is 0. The number of hydrogen-bond acceptors (Lipinski definition) is 8. The van der Waals surface area contributed by atoms with Crippen molar-refractivity contribution in [1.82, 2.24) is 20.3 Å². The summed E-state index contributed by atoms with van der Waals surface area (Å²) in [5.41, 5.74) is 9.14. The number of anilines is 2. The first-order valence-corrected chi connectivity index (χ1v) is 8.91. The Hall–Kier alpha value is -3.13. The zero-order chi connectivity index (χ0) is 18.8. The molecular formula is C19H22N6O2. The largest absolute Gasteiger partial charge is 0.507 e. The van der Waals surface area contributed by atoms with Gasteiger partial charge in [0.1, 0.15) is 11.5 Å². The molecule has 1 aromatic carbocycles. The summed E-state index contributed by atoms with van der Waals surface area (Å²) in [5, 5.41) is 22.4. The van der Waals surface area contributed by atoms with Gasteiger partial charge in [0.2, 0.25) is 0 Å². The lowest BCUT2D eigenvalue weighted by molar-refractivity contribution is 0.242. The molecule has 0 atom stereocenters. The molecule has 0 radical (unpaired) electrons. The van der Waals surface area contributed by atoms with E-state index in [1.165, 1.54) is 0 Å². The number of nitrogen functional groups attached to an aromatic ring is 1. The molecule has 1 aliphatic heterocycles. The van der Waals surface area contributed by atoms with Crippen molar-refractivity contribution in [3.05, 3.63) is 47.9 Å². The van der Waals surface area contributed by atoms with Gasteiger partial charge in [-0.2, -0.15) is 0 Å². The molecule has 0 spiro atoms. The van der Waals surface area contributed by atoms with Gasteiger partial charge in [-0.3, -0.25) is 4.90 Å². The minimum Gasteiger partial charge on any atom is -0.507 e. The summed E-state index contributed by atoms with van der Waals surface area (Å²) in [5.74, 6) is 1.40. The number of aromatic hydroxyl groups is 1. The van der Waals surface area contributed by atoms with Crippen LogP contribution < -0.4 is 10.6 Å². The smallest absolute Gasteiger partial charge is 0.169 e. The number of aryl methyl sites for hydroxylation is 1. The van der Waals surface area contributed by atoms with E-state index in [0.29, 0.717) is 17.1 Å². The Bertz CT molecular complexity index is 933. The maximum absolute atomic E-state index is 10.1. The molecule has 1 saturated heterocycles. The lowest BCUT2D eigenvalue weighted by Gasteiger charge is -2.35. The number of piperazine rings is 1. The fourth-order valence-electron chi connectivity index (χ4n) is 3.33. The van der Waals surface area contributed by atoms with Gasteiger partial charge in [0.05, 0.1) is 17.1 Å². The average molecular weight is 366 g/mol. The number of nitrogens with two attached hydrogens (primary N) is 1. The van der Waals surface area contributed by atoms with E-state index in [1.807, 2.05) is 31.2 Å². The number of hydrogen-bond donors (Lipinski definition) is 2. The number of rotatable bonds is 4. The normalized spacial score (nSPS) is 15.2. The van der Waals surface area contributed by atoms with Gasteiger partial charge in [-0.05, 0) is 25.1 Å². The van der Waals surface area contributed by atoms with Gasteiger partial charge in [-0.25, -0.2) is 0 Å². The Balaban J connectivity index is 1.48. The van der Waals surface area contributed by atoms with Crippen LogP contribution in [-0.2, 0) is 6.54 Å². The molecule has 4 rings (SSSR count). The number of phenols is 1. The minimum atomic E-state index is 0.176. The standard InChI is InChI=1S/C19H22N6O2/c1-13-10-14(23-27-13)12-24-6-8-25(9-7-24)17-11-16(21-22-19(17)20)15-4-2-3-5-18(15)26/h2-5,10-11,26H,6-9,12H2,1H3,(H2,20,22). The van der Waals surface area contributed by atoms with Crippen molar-refractivity contribution in [3.63, 3.8) is 0 Å². The van der Waals surface area contributed by atoms with Crippen molar-refractivity contribution in [2.45, 2.75) is 13.5 Å². The van der Waals surface area contributed by atoms with E-state index < -0.39 is 0 Å². The lowest BCUT2D eigenvalue weighted by atomic mass is 10.1. The first-order valence-electron chi connectivity index (χ1n) is 8.91. The molecule has 3 heterocycles. The second-order valence-electron chi connectivity index (χ2n) is 6.71. The van der Waals surface area contributed by atoms with Crippen molar-refractivity contribution >= 4 is 11.5 Å². The van der Waals surface area contributed by atoms with Crippen LogP contribution in [0.4, 0.5) is 11.5 Å². The Morgan fingerprint density at radius 1 is 1.11 bits per heavy atom. The highest BCUT2D eigenvalue weighted by Crippen LogP contribution is 2.31. The fraction of sp³-hybridized carbons (Fsp3) is 0.316. The predicted octanol–water partition coefficient (Wildman–Crippen LogP) is 2.05. The molecule has 0 unspecified atom stereocenters. The molecule has 8 nitrogen and oxygen atoms in total.